The van der Waals surface area contributed by atoms with Crippen LogP contribution in [0.25, 0.3) is 0 Å². The molecule has 0 bridgehead atoms. The van der Waals surface area contributed by atoms with Crippen LogP contribution >= 0.6 is 11.6 Å². The number of ether oxygens (including phenoxy) is 1. The van der Waals surface area contributed by atoms with E-state index in [0.29, 0.717) is 13.2 Å². The molecule has 63 valence electrons. The number of carbonyl (C=O) groups is 1. The van der Waals surface area contributed by atoms with Gasteiger partial charge in [0.2, 0.25) is 6.29 Å². The fourth-order valence-electron chi connectivity index (χ4n) is 0.510. The summed E-state index contributed by atoms with van der Waals surface area (Å²) in [5.74, 6) is -0.338. The molecule has 0 N–H and O–H groups in total. The number of halogens is 1. The van der Waals surface area contributed by atoms with E-state index in [4.69, 9.17) is 16.3 Å². The molecule has 1 radical (unpaired) electrons. The molecule has 0 rings (SSSR count). The Morgan fingerprint density at radius 1 is 1.73 bits per heavy atom. The average molecular weight is 178 g/mol. The minimum atomic E-state index is -1.13. The van der Waals surface area contributed by atoms with Crippen molar-refractivity contribution >= 4 is 23.7 Å². The third-order valence-electron chi connectivity index (χ3n) is 1.08. The highest BCUT2D eigenvalue weighted by Crippen LogP contribution is 1.97. The first-order chi connectivity index (χ1) is 5.22. The van der Waals surface area contributed by atoms with E-state index < -0.39 is 5.38 Å². The van der Waals surface area contributed by atoms with Gasteiger partial charge >= 0.3 is 0 Å². The number of hydrogen-bond acceptors (Lipinski definition) is 3. The fraction of sp³-hybridized carbons (Fsp3) is 0.714. The maximum absolute atomic E-state index is 10.8. The Bertz CT molecular complexity index is 136. The Labute approximate surface area is 70.7 Å². The number of carbonyl (C=O) groups excluding carboxylic acids is 2. The maximum Gasteiger partial charge on any atom is 0.225 e. The number of Topliss-reactive ketones (excluding diaryl/α,β-unsaturated/α-hetero) is 1. The lowest BCUT2D eigenvalue weighted by molar-refractivity contribution is -0.118. The Balaban J connectivity index is 3.44. The van der Waals surface area contributed by atoms with E-state index >= 15 is 0 Å². The lowest BCUT2D eigenvalue weighted by Crippen LogP contribution is -2.17. The van der Waals surface area contributed by atoms with Gasteiger partial charge in [-0.15, -0.1) is 11.6 Å². The van der Waals surface area contributed by atoms with Crippen molar-refractivity contribution in [3.8, 4) is 0 Å². The first-order valence-corrected chi connectivity index (χ1v) is 3.78. The van der Waals surface area contributed by atoms with Gasteiger partial charge in [-0.2, -0.15) is 0 Å². The van der Waals surface area contributed by atoms with Gasteiger partial charge in [-0.25, -0.2) is 0 Å². The minimum absolute atomic E-state index is 0.178. The summed E-state index contributed by atoms with van der Waals surface area (Å²) < 4.78 is 4.89. The molecule has 0 heterocycles. The quantitative estimate of drug-likeness (QED) is 0.341. The van der Waals surface area contributed by atoms with Gasteiger partial charge in [-0.3, -0.25) is 9.59 Å². The average Bonchev–Trinajstić information content (AvgIpc) is 2.03. The SMILES string of the molecule is CCOCCC(=O)C(Cl)[C]=O. The smallest absolute Gasteiger partial charge is 0.225 e. The van der Waals surface area contributed by atoms with Crippen LogP contribution in [-0.4, -0.2) is 30.7 Å². The van der Waals surface area contributed by atoms with Crippen molar-refractivity contribution in [2.45, 2.75) is 18.7 Å². The number of rotatable bonds is 6. The summed E-state index contributed by atoms with van der Waals surface area (Å²) in [6.07, 6.45) is 1.58. The molecule has 0 aliphatic heterocycles. The van der Waals surface area contributed by atoms with Crippen molar-refractivity contribution in [3.63, 3.8) is 0 Å². The molecule has 0 spiro atoms. The second kappa shape index (κ2) is 6.31. The van der Waals surface area contributed by atoms with Gasteiger partial charge in [0.1, 0.15) is 0 Å². The standard InChI is InChI=1S/C7H10ClO3/c1-2-11-4-3-7(10)6(8)5-9/h6H,2-4H2,1H3. The molecule has 4 heteroatoms. The third-order valence-corrected chi connectivity index (χ3v) is 1.42. The summed E-state index contributed by atoms with van der Waals surface area (Å²) >= 11 is 5.27. The van der Waals surface area contributed by atoms with Gasteiger partial charge in [-0.05, 0) is 6.92 Å². The summed E-state index contributed by atoms with van der Waals surface area (Å²) in [6.45, 7) is 2.71. The van der Waals surface area contributed by atoms with Crippen molar-refractivity contribution in [3.05, 3.63) is 0 Å². The van der Waals surface area contributed by atoms with E-state index in [0.717, 1.165) is 0 Å². The molecule has 3 nitrogen and oxygen atoms in total. The molecular formula is C7H10ClO3. The molecular weight excluding hydrogens is 168 g/mol. The van der Waals surface area contributed by atoms with Crippen LogP contribution in [0.1, 0.15) is 13.3 Å². The van der Waals surface area contributed by atoms with Gasteiger partial charge in [0, 0.05) is 13.0 Å². The zero-order valence-corrected chi connectivity index (χ0v) is 7.06. The molecule has 0 aliphatic carbocycles. The Hall–Kier alpha value is -0.410. The van der Waals surface area contributed by atoms with Crippen LogP contribution in [0.2, 0.25) is 0 Å². The monoisotopic (exact) mass is 177 g/mol. The van der Waals surface area contributed by atoms with Gasteiger partial charge in [0.15, 0.2) is 11.2 Å². The predicted molar refractivity (Wildman–Crippen MR) is 41.5 cm³/mol. The lowest BCUT2D eigenvalue weighted by Gasteiger charge is -2.00. The van der Waals surface area contributed by atoms with Crippen molar-refractivity contribution in [1.82, 2.24) is 0 Å². The van der Waals surface area contributed by atoms with E-state index in [1.807, 2.05) is 6.92 Å². The normalized spacial score (nSPS) is 12.5. The maximum atomic E-state index is 10.8. The zero-order chi connectivity index (χ0) is 8.69. The van der Waals surface area contributed by atoms with E-state index in [2.05, 4.69) is 0 Å². The van der Waals surface area contributed by atoms with Crippen molar-refractivity contribution in [2.75, 3.05) is 13.2 Å². The van der Waals surface area contributed by atoms with Gasteiger partial charge in [0.25, 0.3) is 0 Å². The Morgan fingerprint density at radius 3 is 2.82 bits per heavy atom. The second-order valence-corrected chi connectivity index (χ2v) is 2.33. The summed E-state index contributed by atoms with van der Waals surface area (Å²) in [6, 6.07) is 0. The highest BCUT2D eigenvalue weighted by atomic mass is 35.5. The Kier molecular flexibility index (Phi) is 6.07. The van der Waals surface area contributed by atoms with Gasteiger partial charge in [-0.1, -0.05) is 0 Å². The summed E-state index contributed by atoms with van der Waals surface area (Å²) in [5, 5.41) is -1.13. The number of ketones is 1. The molecule has 0 aromatic carbocycles. The highest BCUT2D eigenvalue weighted by Gasteiger charge is 2.13. The van der Waals surface area contributed by atoms with Gasteiger partial charge in [0.05, 0.1) is 6.61 Å². The first-order valence-electron chi connectivity index (χ1n) is 3.34. The largest absolute Gasteiger partial charge is 0.381 e. The second-order valence-electron chi connectivity index (χ2n) is 1.89. The Morgan fingerprint density at radius 2 is 2.36 bits per heavy atom. The van der Waals surface area contributed by atoms with Crippen molar-refractivity contribution in [2.24, 2.45) is 0 Å². The fourth-order valence-corrected chi connectivity index (χ4v) is 0.619. The third kappa shape index (κ3) is 4.93. The molecule has 0 saturated carbocycles. The van der Waals surface area contributed by atoms with Crippen LogP contribution in [0.4, 0.5) is 0 Å². The van der Waals surface area contributed by atoms with E-state index in [-0.39, 0.29) is 12.2 Å². The highest BCUT2D eigenvalue weighted by molar-refractivity contribution is 6.38. The van der Waals surface area contributed by atoms with Crippen LogP contribution in [-0.2, 0) is 14.3 Å². The van der Waals surface area contributed by atoms with Crippen LogP contribution in [0.5, 0.6) is 0 Å². The summed E-state index contributed by atoms with van der Waals surface area (Å²) in [7, 11) is 0. The van der Waals surface area contributed by atoms with Gasteiger partial charge < -0.3 is 4.74 Å². The lowest BCUT2D eigenvalue weighted by atomic mass is 10.2. The van der Waals surface area contributed by atoms with Crippen LogP contribution < -0.4 is 0 Å². The first kappa shape index (κ1) is 10.6. The summed E-state index contributed by atoms with van der Waals surface area (Å²) in [4.78, 5) is 20.6. The number of hydrogen-bond donors (Lipinski definition) is 0. The van der Waals surface area contributed by atoms with E-state index in [1.54, 1.807) is 0 Å². The molecule has 0 aromatic rings. The number of alkyl halides is 1. The molecule has 1 unspecified atom stereocenters. The molecule has 0 amide bonds. The predicted octanol–water partition coefficient (Wildman–Crippen LogP) is 0.699. The minimum Gasteiger partial charge on any atom is -0.381 e. The van der Waals surface area contributed by atoms with E-state index in [9.17, 15) is 9.59 Å². The molecule has 1 atom stereocenters. The molecule has 0 saturated heterocycles. The van der Waals surface area contributed by atoms with E-state index in [1.165, 1.54) is 6.29 Å². The molecule has 11 heavy (non-hydrogen) atoms. The topological polar surface area (TPSA) is 43.4 Å². The van der Waals surface area contributed by atoms with Crippen LogP contribution in [0.3, 0.4) is 0 Å². The molecule has 0 fully saturated rings. The van der Waals surface area contributed by atoms with Crippen molar-refractivity contribution in [1.29, 1.82) is 0 Å². The van der Waals surface area contributed by atoms with Crippen LogP contribution in [0, 0.1) is 0 Å². The zero-order valence-electron chi connectivity index (χ0n) is 6.30. The molecule has 0 aromatic heterocycles. The molecule has 0 aliphatic rings. The van der Waals surface area contributed by atoms with Crippen LogP contribution in [0.15, 0.2) is 0 Å². The summed E-state index contributed by atoms with van der Waals surface area (Å²) in [5.41, 5.74) is 0. The van der Waals surface area contributed by atoms with Crippen molar-refractivity contribution < 1.29 is 14.3 Å².